The molecule has 0 aliphatic rings. The second-order valence-electron chi connectivity index (χ2n) is 3.16. The summed E-state index contributed by atoms with van der Waals surface area (Å²) in [6, 6.07) is 5.62. The number of anilines is 1. The van der Waals surface area contributed by atoms with Crippen molar-refractivity contribution in [1.29, 1.82) is 5.41 Å². The molecule has 0 spiro atoms. The van der Waals surface area contributed by atoms with Gasteiger partial charge in [-0.1, -0.05) is 27.7 Å². The highest BCUT2D eigenvalue weighted by molar-refractivity contribution is 9.10. The van der Waals surface area contributed by atoms with Gasteiger partial charge in [0, 0.05) is 10.2 Å². The van der Waals surface area contributed by atoms with Gasteiger partial charge in [-0.3, -0.25) is 10.2 Å². The third-order valence-electron chi connectivity index (χ3n) is 1.82. The second-order valence-corrected chi connectivity index (χ2v) is 5.09. The van der Waals surface area contributed by atoms with Crippen molar-refractivity contribution in [1.82, 2.24) is 0 Å². The largest absolute Gasteiger partial charge is 0.379 e. The normalized spacial score (nSPS) is 9.88. The molecular formula is C10H12BrN3OS. The smallest absolute Gasteiger partial charge is 0.234 e. The monoisotopic (exact) mass is 301 g/mol. The van der Waals surface area contributed by atoms with Gasteiger partial charge in [0.2, 0.25) is 5.91 Å². The number of thioether (sulfide) groups is 1. The van der Waals surface area contributed by atoms with Crippen LogP contribution < -0.4 is 11.1 Å². The first-order valence-electron chi connectivity index (χ1n) is 4.52. The van der Waals surface area contributed by atoms with Crippen LogP contribution in [0.25, 0.3) is 0 Å². The highest BCUT2D eigenvalue weighted by Gasteiger charge is 2.05. The van der Waals surface area contributed by atoms with Crippen LogP contribution in [-0.2, 0) is 4.79 Å². The summed E-state index contributed by atoms with van der Waals surface area (Å²) in [5.41, 5.74) is 6.90. The van der Waals surface area contributed by atoms with Gasteiger partial charge in [-0.15, -0.1) is 0 Å². The summed E-state index contributed by atoms with van der Waals surface area (Å²) in [5.74, 6) is -0.00388. The fourth-order valence-corrected chi connectivity index (χ4v) is 1.93. The first kappa shape index (κ1) is 13.1. The number of nitrogens with two attached hydrogens (primary N) is 1. The number of amidine groups is 1. The van der Waals surface area contributed by atoms with Crippen LogP contribution in [0.15, 0.2) is 22.7 Å². The van der Waals surface area contributed by atoms with Crippen LogP contribution in [0, 0.1) is 12.3 Å². The minimum atomic E-state index is -0.161. The average Bonchev–Trinajstić information content (AvgIpc) is 2.19. The van der Waals surface area contributed by atoms with Gasteiger partial charge in [0.1, 0.15) is 0 Å². The van der Waals surface area contributed by atoms with E-state index in [2.05, 4.69) is 21.2 Å². The van der Waals surface area contributed by atoms with Gasteiger partial charge in [-0.25, -0.2) is 0 Å². The van der Waals surface area contributed by atoms with Crippen LogP contribution in [0.4, 0.5) is 5.69 Å². The maximum Gasteiger partial charge on any atom is 0.234 e. The molecule has 0 fully saturated rings. The van der Waals surface area contributed by atoms with E-state index >= 15 is 0 Å². The quantitative estimate of drug-likeness (QED) is 0.592. The summed E-state index contributed by atoms with van der Waals surface area (Å²) in [5, 5.41) is 9.70. The Labute approximate surface area is 107 Å². The van der Waals surface area contributed by atoms with E-state index in [1.54, 1.807) is 0 Å². The van der Waals surface area contributed by atoms with E-state index in [1.807, 2.05) is 25.1 Å². The van der Waals surface area contributed by atoms with Gasteiger partial charge in [0.25, 0.3) is 0 Å². The molecule has 86 valence electrons. The van der Waals surface area contributed by atoms with Gasteiger partial charge in [0.05, 0.1) is 5.75 Å². The zero-order valence-electron chi connectivity index (χ0n) is 8.71. The van der Waals surface area contributed by atoms with Crippen molar-refractivity contribution in [2.75, 3.05) is 11.1 Å². The van der Waals surface area contributed by atoms with Crippen molar-refractivity contribution in [3.05, 3.63) is 28.2 Å². The topological polar surface area (TPSA) is 79.0 Å². The minimum Gasteiger partial charge on any atom is -0.379 e. The summed E-state index contributed by atoms with van der Waals surface area (Å²) in [4.78, 5) is 11.5. The van der Waals surface area contributed by atoms with Crippen LogP contribution in [-0.4, -0.2) is 16.8 Å². The Morgan fingerprint density at radius 3 is 2.88 bits per heavy atom. The molecule has 0 atom stereocenters. The lowest BCUT2D eigenvalue weighted by Crippen LogP contribution is -2.17. The Balaban J connectivity index is 2.59. The Hall–Kier alpha value is -1.01. The third kappa shape index (κ3) is 4.24. The summed E-state index contributed by atoms with van der Waals surface area (Å²) in [6.07, 6.45) is 0. The second kappa shape index (κ2) is 5.91. The standard InChI is InChI=1S/C10H12BrN3OS/c1-6-4-7(11)2-3-8(6)14-9(15)5-16-10(12)13/h2-4H,5H2,1H3,(H3,12,13)(H,14,15). The Kier molecular flexibility index (Phi) is 4.82. The van der Waals surface area contributed by atoms with E-state index < -0.39 is 0 Å². The molecule has 1 aromatic rings. The zero-order valence-corrected chi connectivity index (χ0v) is 11.1. The van der Waals surface area contributed by atoms with Crippen LogP contribution >= 0.6 is 27.7 Å². The fourth-order valence-electron chi connectivity index (χ4n) is 1.10. The molecule has 1 aromatic carbocycles. The van der Waals surface area contributed by atoms with Gasteiger partial charge >= 0.3 is 0 Å². The number of benzene rings is 1. The van der Waals surface area contributed by atoms with Crippen LogP contribution in [0.3, 0.4) is 0 Å². The summed E-state index contributed by atoms with van der Waals surface area (Å²) >= 11 is 4.36. The van der Waals surface area contributed by atoms with E-state index in [-0.39, 0.29) is 16.8 Å². The highest BCUT2D eigenvalue weighted by Crippen LogP contribution is 2.20. The molecule has 4 N–H and O–H groups in total. The average molecular weight is 302 g/mol. The molecule has 1 rings (SSSR count). The van der Waals surface area contributed by atoms with Crippen molar-refractivity contribution < 1.29 is 4.79 Å². The Bertz CT molecular complexity index is 423. The van der Waals surface area contributed by atoms with Crippen molar-refractivity contribution >= 4 is 44.5 Å². The Morgan fingerprint density at radius 2 is 2.31 bits per heavy atom. The van der Waals surface area contributed by atoms with E-state index in [4.69, 9.17) is 11.1 Å². The summed E-state index contributed by atoms with van der Waals surface area (Å²) < 4.78 is 0.973. The maximum absolute atomic E-state index is 11.5. The molecule has 0 aliphatic carbocycles. The fraction of sp³-hybridized carbons (Fsp3) is 0.200. The van der Waals surface area contributed by atoms with Crippen molar-refractivity contribution in [3.63, 3.8) is 0 Å². The predicted molar refractivity (Wildman–Crippen MR) is 71.9 cm³/mol. The highest BCUT2D eigenvalue weighted by atomic mass is 79.9. The van der Waals surface area contributed by atoms with Gasteiger partial charge < -0.3 is 11.1 Å². The summed E-state index contributed by atoms with van der Waals surface area (Å²) in [6.45, 7) is 1.92. The third-order valence-corrected chi connectivity index (χ3v) is 3.03. The molecule has 0 aliphatic heterocycles. The number of hydrogen-bond donors (Lipinski definition) is 3. The molecule has 0 saturated carbocycles. The van der Waals surface area contributed by atoms with Crippen LogP contribution in [0.5, 0.6) is 0 Å². The number of amides is 1. The number of rotatable bonds is 3. The molecule has 16 heavy (non-hydrogen) atoms. The van der Waals surface area contributed by atoms with Gasteiger partial charge in [-0.05, 0) is 30.7 Å². The van der Waals surface area contributed by atoms with Crippen LogP contribution in [0.2, 0.25) is 0 Å². The molecular weight excluding hydrogens is 290 g/mol. The molecule has 0 unspecified atom stereocenters. The number of carbonyl (C=O) groups is 1. The number of carbonyl (C=O) groups excluding carboxylic acids is 1. The summed E-state index contributed by atoms with van der Waals surface area (Å²) in [7, 11) is 0. The molecule has 4 nitrogen and oxygen atoms in total. The van der Waals surface area contributed by atoms with E-state index in [1.165, 1.54) is 0 Å². The number of aryl methyl sites for hydroxylation is 1. The molecule has 0 bridgehead atoms. The first-order valence-corrected chi connectivity index (χ1v) is 6.29. The van der Waals surface area contributed by atoms with Gasteiger partial charge in [0.15, 0.2) is 5.17 Å². The van der Waals surface area contributed by atoms with Crippen molar-refractivity contribution in [3.8, 4) is 0 Å². The van der Waals surface area contributed by atoms with E-state index in [0.717, 1.165) is 27.5 Å². The molecule has 1 amide bonds. The van der Waals surface area contributed by atoms with E-state index in [9.17, 15) is 4.79 Å². The molecule has 0 heterocycles. The maximum atomic E-state index is 11.5. The van der Waals surface area contributed by atoms with Crippen molar-refractivity contribution in [2.24, 2.45) is 5.73 Å². The van der Waals surface area contributed by atoms with Crippen molar-refractivity contribution in [2.45, 2.75) is 6.92 Å². The number of hydrogen-bond acceptors (Lipinski definition) is 3. The molecule has 0 aromatic heterocycles. The molecule has 6 heteroatoms. The lowest BCUT2D eigenvalue weighted by atomic mass is 10.2. The van der Waals surface area contributed by atoms with Gasteiger partial charge in [-0.2, -0.15) is 0 Å². The first-order chi connectivity index (χ1) is 7.49. The SMILES string of the molecule is Cc1cc(Br)ccc1NC(=O)CSC(=N)N. The lowest BCUT2D eigenvalue weighted by Gasteiger charge is -2.08. The minimum absolute atomic E-state index is 0.0531. The van der Waals surface area contributed by atoms with Crippen LogP contribution in [0.1, 0.15) is 5.56 Å². The predicted octanol–water partition coefficient (Wildman–Crippen LogP) is 2.32. The Morgan fingerprint density at radius 1 is 1.62 bits per heavy atom. The molecule has 0 radical (unpaired) electrons. The zero-order chi connectivity index (χ0) is 12.1. The number of nitrogens with one attached hydrogen (secondary N) is 2. The van der Waals surface area contributed by atoms with E-state index in [0.29, 0.717) is 0 Å². The lowest BCUT2D eigenvalue weighted by molar-refractivity contribution is -0.113. The molecule has 0 saturated heterocycles. The number of halogens is 1.